The molecule has 0 spiro atoms. The van der Waals surface area contributed by atoms with Crippen molar-refractivity contribution in [1.82, 2.24) is 0 Å². The monoisotopic (exact) mass is 465 g/mol. The quantitative estimate of drug-likeness (QED) is 0.266. The number of aryl methyl sites for hydroxylation is 2. The Morgan fingerprint density at radius 1 is 1.04 bits per heavy atom. The van der Waals surface area contributed by atoms with Crippen molar-refractivity contribution < 1.29 is 4.74 Å². The first-order valence-electron chi connectivity index (χ1n) is 9.12. The van der Waals surface area contributed by atoms with Crippen LogP contribution in [-0.4, -0.2) is 25.7 Å². The molecule has 0 bridgehead atoms. The lowest BCUT2D eigenvalue weighted by Crippen LogP contribution is -2.23. The van der Waals surface area contributed by atoms with Crippen molar-refractivity contribution >= 4 is 35.6 Å². The number of fused-ring (bicyclic) bond motifs is 1. The Balaban J connectivity index is 0.00000243. The molecule has 26 heavy (non-hydrogen) atoms. The third-order valence-electron chi connectivity index (χ3n) is 4.48. The highest BCUT2D eigenvalue weighted by atomic mass is 127. The Morgan fingerprint density at radius 3 is 2.69 bits per heavy atom. The van der Waals surface area contributed by atoms with E-state index in [1.54, 1.807) is 0 Å². The van der Waals surface area contributed by atoms with Crippen LogP contribution in [-0.2, 0) is 24.0 Å². The molecule has 0 heterocycles. The standard InChI is InChI=1S/C21H27N3O.HI/c22-21(24-20-11-10-18-8-4-9-19(18)16-20)23-13-5-14-25-15-12-17-6-2-1-3-7-17;/h1-3,6-7,10-11,16H,4-5,8-9,12-15H2,(H3,22,23,24);1H. The minimum Gasteiger partial charge on any atom is -0.381 e. The number of nitrogens with one attached hydrogen (secondary N) is 1. The number of anilines is 1. The van der Waals surface area contributed by atoms with Crippen LogP contribution in [0.25, 0.3) is 0 Å². The Bertz CT molecular complexity index is 704. The van der Waals surface area contributed by atoms with E-state index in [0.29, 0.717) is 19.1 Å². The zero-order chi connectivity index (χ0) is 17.3. The molecular weight excluding hydrogens is 437 g/mol. The third-order valence-corrected chi connectivity index (χ3v) is 4.48. The van der Waals surface area contributed by atoms with Gasteiger partial charge in [0.25, 0.3) is 0 Å². The predicted octanol–water partition coefficient (Wildman–Crippen LogP) is 4.17. The number of hydrogen-bond acceptors (Lipinski definition) is 2. The average Bonchev–Trinajstić information content (AvgIpc) is 3.09. The molecule has 0 radical (unpaired) electrons. The molecule has 2 aromatic carbocycles. The van der Waals surface area contributed by atoms with Crippen LogP contribution >= 0.6 is 24.0 Å². The number of benzene rings is 2. The lowest BCUT2D eigenvalue weighted by atomic mass is 10.1. The first kappa shape index (κ1) is 20.7. The van der Waals surface area contributed by atoms with Crippen LogP contribution in [0.5, 0.6) is 0 Å². The largest absolute Gasteiger partial charge is 0.381 e. The van der Waals surface area contributed by atoms with Crippen molar-refractivity contribution in [2.24, 2.45) is 10.7 Å². The molecular formula is C21H28IN3O. The highest BCUT2D eigenvalue weighted by Gasteiger charge is 2.10. The molecule has 0 saturated heterocycles. The average molecular weight is 465 g/mol. The first-order valence-corrected chi connectivity index (χ1v) is 9.12. The zero-order valence-corrected chi connectivity index (χ0v) is 17.4. The molecule has 0 aromatic heterocycles. The Kier molecular flexibility index (Phi) is 8.91. The second-order valence-electron chi connectivity index (χ2n) is 6.43. The van der Waals surface area contributed by atoms with Crippen molar-refractivity contribution in [2.75, 3.05) is 25.1 Å². The number of nitrogens with two attached hydrogens (primary N) is 1. The van der Waals surface area contributed by atoms with E-state index in [4.69, 9.17) is 10.5 Å². The molecule has 4 nitrogen and oxygen atoms in total. The van der Waals surface area contributed by atoms with Gasteiger partial charge in [-0.1, -0.05) is 36.4 Å². The summed E-state index contributed by atoms with van der Waals surface area (Å²) in [6, 6.07) is 16.9. The lowest BCUT2D eigenvalue weighted by Gasteiger charge is -2.08. The zero-order valence-electron chi connectivity index (χ0n) is 15.1. The van der Waals surface area contributed by atoms with Gasteiger partial charge < -0.3 is 15.8 Å². The van der Waals surface area contributed by atoms with Crippen molar-refractivity contribution in [2.45, 2.75) is 32.1 Å². The molecule has 0 fully saturated rings. The van der Waals surface area contributed by atoms with Crippen LogP contribution in [0, 0.1) is 0 Å². The maximum atomic E-state index is 5.97. The number of nitrogens with zero attached hydrogens (tertiary/aromatic N) is 1. The fourth-order valence-corrected chi connectivity index (χ4v) is 3.14. The second-order valence-corrected chi connectivity index (χ2v) is 6.43. The molecule has 0 saturated carbocycles. The summed E-state index contributed by atoms with van der Waals surface area (Å²) in [5, 5.41) is 3.18. The van der Waals surface area contributed by atoms with E-state index in [9.17, 15) is 0 Å². The van der Waals surface area contributed by atoms with Gasteiger partial charge in [0.1, 0.15) is 0 Å². The molecule has 2 aromatic rings. The molecule has 0 atom stereocenters. The molecule has 0 aliphatic heterocycles. The van der Waals surface area contributed by atoms with E-state index in [1.165, 1.54) is 36.0 Å². The van der Waals surface area contributed by atoms with Gasteiger partial charge in [0.05, 0.1) is 6.61 Å². The second kappa shape index (κ2) is 11.2. The van der Waals surface area contributed by atoms with Gasteiger partial charge in [-0.3, -0.25) is 4.99 Å². The lowest BCUT2D eigenvalue weighted by molar-refractivity contribution is 0.136. The van der Waals surface area contributed by atoms with Crippen molar-refractivity contribution in [3.63, 3.8) is 0 Å². The minimum atomic E-state index is 0. The smallest absolute Gasteiger partial charge is 0.193 e. The molecule has 3 rings (SSSR count). The van der Waals surface area contributed by atoms with Crippen LogP contribution in [0.1, 0.15) is 29.5 Å². The van der Waals surface area contributed by atoms with E-state index >= 15 is 0 Å². The van der Waals surface area contributed by atoms with Gasteiger partial charge in [-0.05, 0) is 60.9 Å². The fourth-order valence-electron chi connectivity index (χ4n) is 3.14. The van der Waals surface area contributed by atoms with Crippen LogP contribution in [0.15, 0.2) is 53.5 Å². The van der Waals surface area contributed by atoms with Gasteiger partial charge in [-0.2, -0.15) is 0 Å². The summed E-state index contributed by atoms with van der Waals surface area (Å²) in [4.78, 5) is 4.37. The molecule has 5 heteroatoms. The van der Waals surface area contributed by atoms with Crippen LogP contribution in [0.3, 0.4) is 0 Å². The minimum absolute atomic E-state index is 0. The van der Waals surface area contributed by atoms with Gasteiger partial charge in [-0.25, -0.2) is 0 Å². The number of guanidine groups is 1. The maximum absolute atomic E-state index is 5.97. The number of ether oxygens (including phenoxy) is 1. The molecule has 3 N–H and O–H groups in total. The summed E-state index contributed by atoms with van der Waals surface area (Å²) in [5.41, 5.74) is 11.2. The Hall–Kier alpha value is -1.60. The Labute approximate surface area is 173 Å². The molecule has 140 valence electrons. The summed E-state index contributed by atoms with van der Waals surface area (Å²) < 4.78 is 5.66. The van der Waals surface area contributed by atoms with Crippen molar-refractivity contribution in [1.29, 1.82) is 0 Å². The third kappa shape index (κ3) is 6.61. The number of rotatable bonds is 8. The first-order chi connectivity index (χ1) is 12.3. The van der Waals surface area contributed by atoms with Crippen molar-refractivity contribution in [3.8, 4) is 0 Å². The van der Waals surface area contributed by atoms with Crippen LogP contribution in [0.4, 0.5) is 5.69 Å². The van der Waals surface area contributed by atoms with Gasteiger partial charge >= 0.3 is 0 Å². The van der Waals surface area contributed by atoms with Crippen LogP contribution < -0.4 is 11.1 Å². The summed E-state index contributed by atoms with van der Waals surface area (Å²) in [7, 11) is 0. The summed E-state index contributed by atoms with van der Waals surface area (Å²) in [6.45, 7) is 2.13. The molecule has 1 aliphatic rings. The van der Waals surface area contributed by atoms with Gasteiger partial charge in [0.2, 0.25) is 0 Å². The molecule has 0 amide bonds. The van der Waals surface area contributed by atoms with E-state index in [-0.39, 0.29) is 24.0 Å². The summed E-state index contributed by atoms with van der Waals surface area (Å²) >= 11 is 0. The number of aliphatic imine (C=N–C) groups is 1. The van der Waals surface area contributed by atoms with Crippen molar-refractivity contribution in [3.05, 3.63) is 65.2 Å². The fraction of sp³-hybridized carbons (Fsp3) is 0.381. The topological polar surface area (TPSA) is 59.6 Å². The highest BCUT2D eigenvalue weighted by molar-refractivity contribution is 14.0. The molecule has 1 aliphatic carbocycles. The van der Waals surface area contributed by atoms with Gasteiger partial charge in [0.15, 0.2) is 5.96 Å². The predicted molar refractivity (Wildman–Crippen MR) is 120 cm³/mol. The highest BCUT2D eigenvalue weighted by Crippen LogP contribution is 2.24. The maximum Gasteiger partial charge on any atom is 0.193 e. The van der Waals surface area contributed by atoms with Gasteiger partial charge in [0, 0.05) is 18.8 Å². The SMILES string of the molecule is I.NC(=NCCCOCCc1ccccc1)Nc1ccc2c(c1)CCC2. The van der Waals surface area contributed by atoms with E-state index in [0.717, 1.165) is 25.1 Å². The van der Waals surface area contributed by atoms with Gasteiger partial charge in [-0.15, -0.1) is 24.0 Å². The van der Waals surface area contributed by atoms with E-state index in [2.05, 4.69) is 52.8 Å². The van der Waals surface area contributed by atoms with E-state index in [1.807, 2.05) is 6.07 Å². The summed E-state index contributed by atoms with van der Waals surface area (Å²) in [5.74, 6) is 0.474. The van der Waals surface area contributed by atoms with E-state index < -0.39 is 0 Å². The normalized spacial score (nSPS) is 13.2. The number of halogens is 1. The summed E-state index contributed by atoms with van der Waals surface area (Å²) in [6.07, 6.45) is 5.45. The van der Waals surface area contributed by atoms with Crippen LogP contribution in [0.2, 0.25) is 0 Å². The number of hydrogen-bond donors (Lipinski definition) is 2. The molecule has 0 unspecified atom stereocenters. The Morgan fingerprint density at radius 2 is 1.85 bits per heavy atom.